The summed E-state index contributed by atoms with van der Waals surface area (Å²) < 4.78 is 21.1. The number of ether oxygens (including phenoxy) is 1. The first-order valence-corrected chi connectivity index (χ1v) is 11.7. The van der Waals surface area contributed by atoms with Crippen LogP contribution in [0.4, 0.5) is 4.39 Å². The van der Waals surface area contributed by atoms with Crippen LogP contribution in [0.1, 0.15) is 55.0 Å². The van der Waals surface area contributed by atoms with Crippen molar-refractivity contribution >= 4 is 17.1 Å². The van der Waals surface area contributed by atoms with Gasteiger partial charge in [-0.1, -0.05) is 61.7 Å². The lowest BCUT2D eigenvalue weighted by molar-refractivity contribution is 0.300. The van der Waals surface area contributed by atoms with Crippen molar-refractivity contribution in [2.45, 2.75) is 44.6 Å². The van der Waals surface area contributed by atoms with Crippen LogP contribution >= 0.6 is 0 Å². The van der Waals surface area contributed by atoms with Gasteiger partial charge >= 0.3 is 0 Å². The summed E-state index contributed by atoms with van der Waals surface area (Å²) in [6.45, 7) is 0.132. The van der Waals surface area contributed by atoms with Crippen molar-refractivity contribution in [2.24, 2.45) is 5.10 Å². The molecule has 1 aromatic heterocycles. The molecule has 0 amide bonds. The molecule has 3 aromatic carbocycles. The lowest BCUT2D eigenvalue weighted by Crippen LogP contribution is -2.25. The van der Waals surface area contributed by atoms with E-state index in [0.29, 0.717) is 22.2 Å². The summed E-state index contributed by atoms with van der Waals surface area (Å²) in [6, 6.07) is 21.3. The summed E-state index contributed by atoms with van der Waals surface area (Å²) in [6.07, 6.45) is 7.17. The van der Waals surface area contributed by atoms with Crippen molar-refractivity contribution in [1.29, 1.82) is 0 Å². The zero-order valence-corrected chi connectivity index (χ0v) is 18.9. The Morgan fingerprint density at radius 3 is 2.65 bits per heavy atom. The predicted molar refractivity (Wildman–Crippen MR) is 132 cm³/mol. The van der Waals surface area contributed by atoms with E-state index in [9.17, 15) is 9.18 Å². The minimum Gasteiger partial charge on any atom is -0.489 e. The van der Waals surface area contributed by atoms with Gasteiger partial charge in [-0.25, -0.2) is 9.37 Å². The molecule has 0 unspecified atom stereocenters. The highest BCUT2D eigenvalue weighted by atomic mass is 19.1. The third-order valence-electron chi connectivity index (χ3n) is 6.28. The Morgan fingerprint density at radius 2 is 1.79 bits per heavy atom. The molecule has 1 saturated carbocycles. The summed E-state index contributed by atoms with van der Waals surface area (Å²) in [7, 11) is 0. The second-order valence-electron chi connectivity index (χ2n) is 8.64. The molecular formula is C28H26FN3O2. The number of hydrogen-bond acceptors (Lipinski definition) is 4. The van der Waals surface area contributed by atoms with Crippen LogP contribution in [0, 0.1) is 5.82 Å². The third-order valence-corrected chi connectivity index (χ3v) is 6.28. The van der Waals surface area contributed by atoms with E-state index in [4.69, 9.17) is 9.72 Å². The van der Waals surface area contributed by atoms with Gasteiger partial charge in [0.2, 0.25) is 0 Å². The number of nitrogens with zero attached hydrogens (tertiary/aromatic N) is 3. The molecular weight excluding hydrogens is 429 g/mol. The van der Waals surface area contributed by atoms with E-state index in [2.05, 4.69) is 5.10 Å². The molecule has 0 saturated heterocycles. The highest BCUT2D eigenvalue weighted by Crippen LogP contribution is 2.31. The van der Waals surface area contributed by atoms with Crippen LogP contribution in [0.3, 0.4) is 0 Å². The number of benzene rings is 3. The Bertz CT molecular complexity index is 1390. The Balaban J connectivity index is 1.44. The molecule has 1 aliphatic carbocycles. The van der Waals surface area contributed by atoms with Crippen molar-refractivity contribution in [2.75, 3.05) is 0 Å². The smallest absolute Gasteiger partial charge is 0.282 e. The molecule has 34 heavy (non-hydrogen) atoms. The highest BCUT2D eigenvalue weighted by Gasteiger charge is 2.22. The SMILES string of the molecule is O=c1c2ccccc2nc(C2CCCCC2)n1N=Cc1cccc(OCc2ccccc2F)c1. The van der Waals surface area contributed by atoms with Crippen LogP contribution in [-0.2, 0) is 6.61 Å². The fourth-order valence-electron chi connectivity index (χ4n) is 4.46. The van der Waals surface area contributed by atoms with Gasteiger partial charge in [-0.05, 0) is 48.7 Å². The molecule has 0 radical (unpaired) electrons. The average molecular weight is 456 g/mol. The summed E-state index contributed by atoms with van der Waals surface area (Å²) in [4.78, 5) is 18.2. The summed E-state index contributed by atoms with van der Waals surface area (Å²) in [5, 5.41) is 5.13. The highest BCUT2D eigenvalue weighted by molar-refractivity contribution is 5.81. The van der Waals surface area contributed by atoms with E-state index in [1.165, 1.54) is 17.2 Å². The van der Waals surface area contributed by atoms with Crippen LogP contribution in [0.25, 0.3) is 10.9 Å². The lowest BCUT2D eigenvalue weighted by Gasteiger charge is -2.22. The molecule has 0 bridgehead atoms. The first-order chi connectivity index (χ1) is 16.7. The van der Waals surface area contributed by atoms with Crippen molar-refractivity contribution in [3.63, 3.8) is 0 Å². The van der Waals surface area contributed by atoms with Gasteiger partial charge in [0.15, 0.2) is 0 Å². The Kier molecular flexibility index (Phi) is 6.47. The van der Waals surface area contributed by atoms with E-state index >= 15 is 0 Å². The molecule has 1 heterocycles. The average Bonchev–Trinajstić information content (AvgIpc) is 2.88. The maximum atomic E-state index is 13.9. The van der Waals surface area contributed by atoms with Gasteiger partial charge in [0.05, 0.1) is 17.1 Å². The number of halogens is 1. The normalized spacial score (nSPS) is 14.6. The molecule has 4 aromatic rings. The fourth-order valence-corrected chi connectivity index (χ4v) is 4.46. The van der Waals surface area contributed by atoms with E-state index < -0.39 is 0 Å². The molecule has 172 valence electrons. The third kappa shape index (κ3) is 4.76. The molecule has 5 nitrogen and oxygen atoms in total. The first-order valence-electron chi connectivity index (χ1n) is 11.7. The van der Waals surface area contributed by atoms with Crippen LogP contribution in [0.5, 0.6) is 5.75 Å². The molecule has 1 fully saturated rings. The zero-order valence-electron chi connectivity index (χ0n) is 18.9. The summed E-state index contributed by atoms with van der Waals surface area (Å²) in [5.41, 5.74) is 1.82. The van der Waals surface area contributed by atoms with E-state index in [1.807, 2.05) is 42.5 Å². The topological polar surface area (TPSA) is 56.5 Å². The maximum Gasteiger partial charge on any atom is 0.282 e. The molecule has 5 rings (SSSR count). The Hall–Kier alpha value is -3.80. The number of aromatic nitrogens is 2. The lowest BCUT2D eigenvalue weighted by atomic mass is 9.88. The molecule has 6 heteroatoms. The van der Waals surface area contributed by atoms with Gasteiger partial charge in [-0.2, -0.15) is 9.78 Å². The summed E-state index contributed by atoms with van der Waals surface area (Å²) >= 11 is 0. The van der Waals surface area contributed by atoms with Crippen LogP contribution in [0.15, 0.2) is 82.7 Å². The summed E-state index contributed by atoms with van der Waals surface area (Å²) in [5.74, 6) is 1.26. The number of fused-ring (bicyclic) bond motifs is 1. The van der Waals surface area contributed by atoms with Crippen LogP contribution in [0.2, 0.25) is 0 Å². The second-order valence-corrected chi connectivity index (χ2v) is 8.64. The predicted octanol–water partition coefficient (Wildman–Crippen LogP) is 6.04. The van der Waals surface area contributed by atoms with Crippen molar-refractivity contribution < 1.29 is 9.13 Å². The minimum atomic E-state index is -0.293. The molecule has 0 N–H and O–H groups in total. The standard InChI is InChI=1S/C28H26FN3O2/c29-25-15-6-4-12-22(25)19-34-23-13-8-9-20(17-23)18-30-32-27(21-10-2-1-3-11-21)31-26-16-7-5-14-24(26)28(32)33/h4-9,12-18,21H,1-3,10-11,19H2. The Morgan fingerprint density at radius 1 is 1.00 bits per heavy atom. The van der Waals surface area contributed by atoms with E-state index in [1.54, 1.807) is 30.5 Å². The number of rotatable bonds is 6. The first kappa shape index (κ1) is 22.0. The Labute approximate surface area is 197 Å². The molecule has 0 spiro atoms. The second kappa shape index (κ2) is 10.00. The van der Waals surface area contributed by atoms with Gasteiger partial charge in [0, 0.05) is 11.5 Å². The number of para-hydroxylation sites is 1. The van der Waals surface area contributed by atoms with Crippen LogP contribution < -0.4 is 10.3 Å². The van der Waals surface area contributed by atoms with Gasteiger partial charge in [0.1, 0.15) is 24.0 Å². The molecule has 0 atom stereocenters. The van der Waals surface area contributed by atoms with Gasteiger partial charge in [0.25, 0.3) is 5.56 Å². The van der Waals surface area contributed by atoms with Crippen molar-refractivity contribution in [3.8, 4) is 5.75 Å². The van der Waals surface area contributed by atoms with E-state index in [0.717, 1.165) is 37.1 Å². The van der Waals surface area contributed by atoms with E-state index in [-0.39, 0.29) is 23.9 Å². The number of hydrogen-bond donors (Lipinski definition) is 0. The zero-order chi connectivity index (χ0) is 23.3. The maximum absolute atomic E-state index is 13.9. The minimum absolute atomic E-state index is 0.132. The van der Waals surface area contributed by atoms with Gasteiger partial charge in [-0.3, -0.25) is 4.79 Å². The van der Waals surface area contributed by atoms with Crippen molar-refractivity contribution in [1.82, 2.24) is 9.66 Å². The molecule has 1 aliphatic rings. The van der Waals surface area contributed by atoms with Gasteiger partial charge < -0.3 is 4.74 Å². The fraction of sp³-hybridized carbons (Fsp3) is 0.250. The molecule has 0 aliphatic heterocycles. The largest absolute Gasteiger partial charge is 0.489 e. The van der Waals surface area contributed by atoms with Crippen LogP contribution in [-0.4, -0.2) is 15.9 Å². The quantitative estimate of drug-likeness (QED) is 0.333. The monoisotopic (exact) mass is 455 g/mol. The van der Waals surface area contributed by atoms with Crippen molar-refractivity contribution in [3.05, 3.63) is 106 Å². The van der Waals surface area contributed by atoms with Gasteiger partial charge in [-0.15, -0.1) is 0 Å².